The van der Waals surface area contributed by atoms with E-state index in [2.05, 4.69) is 36.3 Å². The molecule has 1 aliphatic heterocycles. The maximum absolute atomic E-state index is 12.5. The van der Waals surface area contributed by atoms with Gasteiger partial charge >= 0.3 is 0 Å². The number of amides is 1. The summed E-state index contributed by atoms with van der Waals surface area (Å²) in [6.45, 7) is 4.10. The van der Waals surface area contributed by atoms with E-state index in [-0.39, 0.29) is 11.9 Å². The van der Waals surface area contributed by atoms with E-state index >= 15 is 0 Å². The number of benzene rings is 1. The van der Waals surface area contributed by atoms with Gasteiger partial charge in [0.2, 0.25) is 5.91 Å². The Bertz CT molecular complexity index is 933. The van der Waals surface area contributed by atoms with Gasteiger partial charge in [0.15, 0.2) is 5.65 Å². The van der Waals surface area contributed by atoms with Crippen LogP contribution in [0.25, 0.3) is 11.0 Å². The Labute approximate surface area is 141 Å². The molecule has 0 spiro atoms. The quantitative estimate of drug-likeness (QED) is 0.750. The predicted octanol–water partition coefficient (Wildman–Crippen LogP) is 3.25. The fourth-order valence-electron chi connectivity index (χ4n) is 2.87. The Morgan fingerprint density at radius 3 is 2.91 bits per heavy atom. The summed E-state index contributed by atoms with van der Waals surface area (Å²) in [5.74, 6) is -0.520. The molecule has 0 saturated heterocycles. The topological polar surface area (TPSA) is 72.7 Å². The van der Waals surface area contributed by atoms with E-state index in [0.717, 1.165) is 21.1 Å². The molecule has 4 rings (SSSR count). The molecule has 1 aromatic carbocycles. The van der Waals surface area contributed by atoms with Crippen LogP contribution in [0.3, 0.4) is 0 Å². The number of anilines is 1. The normalized spacial score (nSPS) is 16.9. The molecular weight excluding hydrogens is 358 g/mol. The lowest BCUT2D eigenvalue weighted by Crippen LogP contribution is -2.14. The third kappa shape index (κ3) is 2.23. The third-order valence-electron chi connectivity index (χ3n) is 4.01. The Morgan fingerprint density at radius 2 is 2.13 bits per heavy atom. The van der Waals surface area contributed by atoms with Crippen LogP contribution in [-0.2, 0) is 4.79 Å². The lowest BCUT2D eigenvalue weighted by atomic mass is 9.95. The zero-order valence-electron chi connectivity index (χ0n) is 12.6. The number of aromatic nitrogens is 4. The van der Waals surface area contributed by atoms with Crippen molar-refractivity contribution >= 4 is 38.6 Å². The molecule has 0 fully saturated rings. The van der Waals surface area contributed by atoms with Crippen LogP contribution in [0, 0.1) is 0 Å². The number of fused-ring (bicyclic) bond motifs is 2. The second-order valence-electron chi connectivity index (χ2n) is 5.85. The van der Waals surface area contributed by atoms with E-state index in [1.54, 1.807) is 0 Å². The molecule has 23 heavy (non-hydrogen) atoms. The fourth-order valence-corrected chi connectivity index (χ4v) is 3.25. The van der Waals surface area contributed by atoms with Crippen molar-refractivity contribution in [2.45, 2.75) is 25.8 Å². The first-order chi connectivity index (χ1) is 11.0. The standard InChI is InChI=1S/C16H14BrN5O/c1-8(2)22-6-11-14(18-7-19-15(11)21-22)13-10-5-9(17)3-4-12(10)20-16(13)23/h3-8,13H,1-2H3,(H,20,23). The van der Waals surface area contributed by atoms with Gasteiger partial charge in [-0.15, -0.1) is 0 Å². The summed E-state index contributed by atoms with van der Waals surface area (Å²) in [6, 6.07) is 5.98. The number of nitrogens with one attached hydrogen (secondary N) is 1. The molecule has 7 heteroatoms. The minimum atomic E-state index is -0.446. The van der Waals surface area contributed by atoms with Crippen molar-refractivity contribution in [3.05, 3.63) is 46.5 Å². The molecule has 1 atom stereocenters. The second-order valence-corrected chi connectivity index (χ2v) is 6.77. The van der Waals surface area contributed by atoms with Crippen molar-refractivity contribution in [2.75, 3.05) is 5.32 Å². The van der Waals surface area contributed by atoms with Crippen molar-refractivity contribution in [1.82, 2.24) is 19.7 Å². The van der Waals surface area contributed by atoms with Crippen molar-refractivity contribution in [3.63, 3.8) is 0 Å². The first-order valence-electron chi connectivity index (χ1n) is 7.34. The van der Waals surface area contributed by atoms with Gasteiger partial charge in [-0.25, -0.2) is 9.97 Å². The fraction of sp³-hybridized carbons (Fsp3) is 0.250. The number of hydrogen-bond donors (Lipinski definition) is 1. The lowest BCUT2D eigenvalue weighted by molar-refractivity contribution is -0.116. The van der Waals surface area contributed by atoms with Crippen molar-refractivity contribution in [3.8, 4) is 0 Å². The average molecular weight is 372 g/mol. The molecule has 0 radical (unpaired) electrons. The van der Waals surface area contributed by atoms with E-state index in [1.807, 2.05) is 42.9 Å². The Hall–Kier alpha value is -2.28. The summed E-state index contributed by atoms with van der Waals surface area (Å²) < 4.78 is 2.78. The van der Waals surface area contributed by atoms with Crippen LogP contribution in [0.15, 0.2) is 35.2 Å². The summed E-state index contributed by atoms with van der Waals surface area (Å²) >= 11 is 3.47. The zero-order chi connectivity index (χ0) is 16.1. The van der Waals surface area contributed by atoms with Gasteiger partial charge in [-0.3, -0.25) is 9.48 Å². The Morgan fingerprint density at radius 1 is 1.30 bits per heavy atom. The molecule has 0 bridgehead atoms. The first kappa shape index (κ1) is 14.3. The highest BCUT2D eigenvalue weighted by Crippen LogP contribution is 2.39. The van der Waals surface area contributed by atoms with Crippen LogP contribution < -0.4 is 5.32 Å². The van der Waals surface area contributed by atoms with E-state index in [1.165, 1.54) is 6.33 Å². The SMILES string of the molecule is CC(C)n1cc2c(C3C(=O)Nc4ccc(Br)cc43)ncnc2n1. The van der Waals surface area contributed by atoms with Crippen LogP contribution in [0.2, 0.25) is 0 Å². The maximum atomic E-state index is 12.5. The summed E-state index contributed by atoms with van der Waals surface area (Å²) in [6.07, 6.45) is 3.39. The molecule has 116 valence electrons. The average Bonchev–Trinajstić information content (AvgIpc) is 3.07. The van der Waals surface area contributed by atoms with E-state index in [4.69, 9.17) is 0 Å². The highest BCUT2D eigenvalue weighted by Gasteiger charge is 2.34. The summed E-state index contributed by atoms with van der Waals surface area (Å²) in [5.41, 5.74) is 3.05. The molecular formula is C16H14BrN5O. The molecule has 1 N–H and O–H groups in total. The smallest absolute Gasteiger partial charge is 0.238 e. The first-order valence-corrected chi connectivity index (χ1v) is 8.14. The van der Waals surface area contributed by atoms with Crippen LogP contribution in [0.1, 0.15) is 37.1 Å². The maximum Gasteiger partial charge on any atom is 0.238 e. The van der Waals surface area contributed by atoms with Gasteiger partial charge in [-0.05, 0) is 37.6 Å². The van der Waals surface area contributed by atoms with Crippen LogP contribution in [-0.4, -0.2) is 25.7 Å². The Balaban J connectivity index is 1.93. The van der Waals surface area contributed by atoms with Crippen molar-refractivity contribution in [2.24, 2.45) is 0 Å². The molecule has 0 saturated carbocycles. The number of nitrogens with zero attached hydrogens (tertiary/aromatic N) is 4. The van der Waals surface area contributed by atoms with Gasteiger partial charge in [-0.1, -0.05) is 15.9 Å². The highest BCUT2D eigenvalue weighted by molar-refractivity contribution is 9.10. The predicted molar refractivity (Wildman–Crippen MR) is 90.3 cm³/mol. The highest BCUT2D eigenvalue weighted by atomic mass is 79.9. The summed E-state index contributed by atoms with van der Waals surface area (Å²) in [5, 5.41) is 8.20. The molecule has 1 aliphatic rings. The minimum Gasteiger partial charge on any atom is -0.325 e. The number of halogens is 1. The summed E-state index contributed by atoms with van der Waals surface area (Å²) in [7, 11) is 0. The van der Waals surface area contributed by atoms with E-state index in [9.17, 15) is 4.79 Å². The molecule has 0 aliphatic carbocycles. The zero-order valence-corrected chi connectivity index (χ0v) is 14.2. The number of rotatable bonds is 2. The van der Waals surface area contributed by atoms with Crippen LogP contribution >= 0.6 is 15.9 Å². The molecule has 6 nitrogen and oxygen atoms in total. The van der Waals surface area contributed by atoms with E-state index < -0.39 is 5.92 Å². The van der Waals surface area contributed by atoms with Gasteiger partial charge < -0.3 is 5.32 Å². The molecule has 3 aromatic rings. The molecule has 1 amide bonds. The van der Waals surface area contributed by atoms with Crippen LogP contribution in [0.5, 0.6) is 0 Å². The van der Waals surface area contributed by atoms with Gasteiger partial charge in [-0.2, -0.15) is 5.10 Å². The largest absolute Gasteiger partial charge is 0.325 e. The minimum absolute atomic E-state index is 0.0737. The van der Waals surface area contributed by atoms with Gasteiger partial charge in [0.25, 0.3) is 0 Å². The number of carbonyl (C=O) groups excluding carboxylic acids is 1. The number of hydrogen-bond acceptors (Lipinski definition) is 4. The van der Waals surface area contributed by atoms with Crippen molar-refractivity contribution < 1.29 is 4.79 Å². The Kier molecular flexibility index (Phi) is 3.19. The second kappa shape index (κ2) is 5.13. The van der Waals surface area contributed by atoms with E-state index in [0.29, 0.717) is 11.3 Å². The number of carbonyl (C=O) groups is 1. The molecule has 1 unspecified atom stereocenters. The van der Waals surface area contributed by atoms with Gasteiger partial charge in [0.1, 0.15) is 12.2 Å². The molecule has 2 aromatic heterocycles. The molecule has 3 heterocycles. The monoisotopic (exact) mass is 371 g/mol. The van der Waals surface area contributed by atoms with Gasteiger partial charge in [0, 0.05) is 22.4 Å². The summed E-state index contributed by atoms with van der Waals surface area (Å²) in [4.78, 5) is 21.1. The van der Waals surface area contributed by atoms with Crippen LogP contribution in [0.4, 0.5) is 5.69 Å². The third-order valence-corrected chi connectivity index (χ3v) is 4.51. The van der Waals surface area contributed by atoms with Gasteiger partial charge in [0.05, 0.1) is 11.1 Å². The van der Waals surface area contributed by atoms with Crippen molar-refractivity contribution in [1.29, 1.82) is 0 Å². The lowest BCUT2D eigenvalue weighted by Gasteiger charge is -2.09.